The number of carbonyl (C=O) groups is 1. The molecule has 1 amide bonds. The van der Waals surface area contributed by atoms with Crippen molar-refractivity contribution in [3.8, 4) is 0 Å². The zero-order valence-electron chi connectivity index (χ0n) is 14.7. The van der Waals surface area contributed by atoms with Crippen molar-refractivity contribution >= 4 is 45.0 Å². The number of thioether (sulfide) groups is 1. The maximum atomic E-state index is 12.1. The molecular formula is C16H25ClN2O3S2. The van der Waals surface area contributed by atoms with Gasteiger partial charge in [0, 0.05) is 22.1 Å². The molecule has 0 atom stereocenters. The molecule has 0 aromatic heterocycles. The highest BCUT2D eigenvalue weighted by Crippen LogP contribution is 2.25. The van der Waals surface area contributed by atoms with Crippen LogP contribution in [-0.4, -0.2) is 44.2 Å². The summed E-state index contributed by atoms with van der Waals surface area (Å²) in [6.07, 6.45) is 1.09. The predicted octanol–water partition coefficient (Wildman–Crippen LogP) is 3.06. The Balaban J connectivity index is 2.76. The molecule has 0 fully saturated rings. The fourth-order valence-electron chi connectivity index (χ4n) is 2.01. The van der Waals surface area contributed by atoms with Crippen molar-refractivity contribution in [1.29, 1.82) is 0 Å². The van der Waals surface area contributed by atoms with Crippen LogP contribution in [0.15, 0.2) is 18.2 Å². The van der Waals surface area contributed by atoms with Crippen molar-refractivity contribution in [2.45, 2.75) is 32.4 Å². The molecule has 8 heteroatoms. The fourth-order valence-corrected chi connectivity index (χ4v) is 3.97. The number of halogens is 1. The largest absolute Gasteiger partial charge is 0.354 e. The van der Waals surface area contributed by atoms with Crippen LogP contribution >= 0.6 is 23.4 Å². The van der Waals surface area contributed by atoms with E-state index in [0.29, 0.717) is 22.8 Å². The van der Waals surface area contributed by atoms with E-state index in [1.807, 2.05) is 0 Å². The third kappa shape index (κ3) is 7.32. The lowest BCUT2D eigenvalue weighted by Crippen LogP contribution is -2.41. The van der Waals surface area contributed by atoms with Crippen LogP contribution in [0.2, 0.25) is 5.02 Å². The Kier molecular flexibility index (Phi) is 7.44. The number of anilines is 1. The van der Waals surface area contributed by atoms with E-state index in [1.165, 1.54) is 0 Å². The summed E-state index contributed by atoms with van der Waals surface area (Å²) in [6.45, 7) is 8.33. The van der Waals surface area contributed by atoms with E-state index in [1.54, 1.807) is 36.9 Å². The lowest BCUT2D eigenvalue weighted by atomic mass is 10.2. The fraction of sp³-hybridized carbons (Fsp3) is 0.562. The second-order valence-electron chi connectivity index (χ2n) is 6.51. The van der Waals surface area contributed by atoms with Crippen molar-refractivity contribution in [3.05, 3.63) is 28.8 Å². The SMILES string of the molecule is Cc1cc(Cl)ccc1N(CC(=O)NCCSC(C)(C)C)S(C)(=O)=O. The Morgan fingerprint density at radius 1 is 1.33 bits per heavy atom. The van der Waals surface area contributed by atoms with E-state index in [9.17, 15) is 13.2 Å². The highest BCUT2D eigenvalue weighted by molar-refractivity contribution is 8.00. The van der Waals surface area contributed by atoms with Crippen molar-refractivity contribution < 1.29 is 13.2 Å². The van der Waals surface area contributed by atoms with Gasteiger partial charge >= 0.3 is 0 Å². The van der Waals surface area contributed by atoms with E-state index in [0.717, 1.165) is 16.3 Å². The average Bonchev–Trinajstić information content (AvgIpc) is 2.39. The Morgan fingerprint density at radius 3 is 2.46 bits per heavy atom. The van der Waals surface area contributed by atoms with Crippen LogP contribution < -0.4 is 9.62 Å². The molecule has 0 spiro atoms. The maximum absolute atomic E-state index is 12.1. The highest BCUT2D eigenvalue weighted by atomic mass is 35.5. The van der Waals surface area contributed by atoms with Crippen LogP contribution in [0.1, 0.15) is 26.3 Å². The number of sulfonamides is 1. The number of benzene rings is 1. The van der Waals surface area contributed by atoms with E-state index in [4.69, 9.17) is 11.6 Å². The summed E-state index contributed by atoms with van der Waals surface area (Å²) in [5.74, 6) is 0.443. The van der Waals surface area contributed by atoms with Gasteiger partial charge in [0.1, 0.15) is 6.54 Å². The summed E-state index contributed by atoms with van der Waals surface area (Å²) in [5.41, 5.74) is 1.16. The quantitative estimate of drug-likeness (QED) is 0.724. The molecule has 136 valence electrons. The topological polar surface area (TPSA) is 66.5 Å². The number of nitrogens with one attached hydrogen (secondary N) is 1. The molecule has 1 N–H and O–H groups in total. The predicted molar refractivity (Wildman–Crippen MR) is 104 cm³/mol. The molecule has 1 rings (SSSR count). The molecule has 0 saturated carbocycles. The van der Waals surface area contributed by atoms with E-state index in [-0.39, 0.29) is 17.2 Å². The molecule has 0 unspecified atom stereocenters. The minimum Gasteiger partial charge on any atom is -0.354 e. The summed E-state index contributed by atoms with van der Waals surface area (Å²) < 4.78 is 25.4. The Labute approximate surface area is 154 Å². The van der Waals surface area contributed by atoms with E-state index in [2.05, 4.69) is 26.1 Å². The third-order valence-corrected chi connectivity index (χ3v) is 5.71. The van der Waals surface area contributed by atoms with Crippen molar-refractivity contribution in [2.24, 2.45) is 0 Å². The first-order valence-corrected chi connectivity index (χ1v) is 10.8. The van der Waals surface area contributed by atoms with Crippen molar-refractivity contribution in [1.82, 2.24) is 5.32 Å². The van der Waals surface area contributed by atoms with E-state index >= 15 is 0 Å². The Morgan fingerprint density at radius 2 is 1.96 bits per heavy atom. The zero-order valence-corrected chi connectivity index (χ0v) is 17.1. The molecule has 5 nitrogen and oxygen atoms in total. The van der Waals surface area contributed by atoms with Gasteiger partial charge in [-0.05, 0) is 30.7 Å². The van der Waals surface area contributed by atoms with Crippen molar-refractivity contribution in [3.63, 3.8) is 0 Å². The third-order valence-electron chi connectivity index (χ3n) is 3.07. The lowest BCUT2D eigenvalue weighted by molar-refractivity contribution is -0.119. The monoisotopic (exact) mass is 392 g/mol. The van der Waals surface area contributed by atoms with Gasteiger partial charge in [0.15, 0.2) is 0 Å². The summed E-state index contributed by atoms with van der Waals surface area (Å²) in [7, 11) is -3.58. The first-order chi connectivity index (χ1) is 10.9. The first-order valence-electron chi connectivity index (χ1n) is 7.55. The molecule has 0 heterocycles. The van der Waals surface area contributed by atoms with Gasteiger partial charge in [-0.1, -0.05) is 32.4 Å². The molecule has 0 aliphatic carbocycles. The molecule has 0 radical (unpaired) electrons. The minimum atomic E-state index is -3.58. The van der Waals surface area contributed by atoms with Crippen LogP contribution in [0.3, 0.4) is 0 Å². The molecule has 24 heavy (non-hydrogen) atoms. The second kappa shape index (κ2) is 8.45. The molecule has 0 saturated heterocycles. The number of rotatable bonds is 7. The number of nitrogens with zero attached hydrogens (tertiary/aromatic N) is 1. The molecule has 0 aliphatic heterocycles. The van der Waals surface area contributed by atoms with Crippen LogP contribution in [-0.2, 0) is 14.8 Å². The van der Waals surface area contributed by atoms with Gasteiger partial charge in [-0.3, -0.25) is 9.10 Å². The number of hydrogen-bond donors (Lipinski definition) is 1. The molecule has 1 aromatic rings. The molecule has 1 aromatic carbocycles. The number of hydrogen-bond acceptors (Lipinski definition) is 4. The van der Waals surface area contributed by atoms with E-state index < -0.39 is 10.0 Å². The zero-order chi connectivity index (χ0) is 18.5. The Bertz CT molecular complexity index is 685. The summed E-state index contributed by atoms with van der Waals surface area (Å²) >= 11 is 7.65. The van der Waals surface area contributed by atoms with Gasteiger partial charge in [0.05, 0.1) is 11.9 Å². The first kappa shape index (κ1) is 21.1. The van der Waals surface area contributed by atoms with Gasteiger partial charge in [-0.2, -0.15) is 11.8 Å². The van der Waals surface area contributed by atoms with Crippen LogP contribution in [0.4, 0.5) is 5.69 Å². The van der Waals surface area contributed by atoms with Gasteiger partial charge < -0.3 is 5.32 Å². The minimum absolute atomic E-state index is 0.129. The number of carbonyl (C=O) groups excluding carboxylic acids is 1. The average molecular weight is 393 g/mol. The van der Waals surface area contributed by atoms with Gasteiger partial charge in [0.25, 0.3) is 0 Å². The smallest absolute Gasteiger partial charge is 0.240 e. The summed E-state index contributed by atoms with van der Waals surface area (Å²) in [6, 6.07) is 4.90. The molecule has 0 bridgehead atoms. The highest BCUT2D eigenvalue weighted by Gasteiger charge is 2.22. The standard InChI is InChI=1S/C16H25ClN2O3S2/c1-12-10-13(17)6-7-14(12)19(24(5,21)22)11-15(20)18-8-9-23-16(2,3)4/h6-7,10H,8-9,11H2,1-5H3,(H,18,20). The maximum Gasteiger partial charge on any atom is 0.240 e. The summed E-state index contributed by atoms with van der Waals surface area (Å²) in [4.78, 5) is 12.1. The van der Waals surface area contributed by atoms with Crippen LogP contribution in [0, 0.1) is 6.92 Å². The molecular weight excluding hydrogens is 368 g/mol. The van der Waals surface area contributed by atoms with Gasteiger partial charge in [-0.15, -0.1) is 0 Å². The van der Waals surface area contributed by atoms with Crippen molar-refractivity contribution in [2.75, 3.05) is 29.4 Å². The van der Waals surface area contributed by atoms with Crippen LogP contribution in [0.25, 0.3) is 0 Å². The number of aryl methyl sites for hydroxylation is 1. The van der Waals surface area contributed by atoms with Crippen LogP contribution in [0.5, 0.6) is 0 Å². The number of amides is 1. The summed E-state index contributed by atoms with van der Waals surface area (Å²) in [5, 5.41) is 3.29. The lowest BCUT2D eigenvalue weighted by Gasteiger charge is -2.24. The Hall–Kier alpha value is -0.920. The second-order valence-corrected chi connectivity index (χ2v) is 10.8. The molecule has 0 aliphatic rings. The normalized spacial score (nSPS) is 12.1. The van der Waals surface area contributed by atoms with Gasteiger partial charge in [-0.25, -0.2) is 8.42 Å². The van der Waals surface area contributed by atoms with Gasteiger partial charge in [0.2, 0.25) is 15.9 Å².